The zero-order chi connectivity index (χ0) is 14.7. The van der Waals surface area contributed by atoms with Crippen molar-refractivity contribution in [2.45, 2.75) is 11.4 Å². The molecule has 1 N–H and O–H groups in total. The number of halogens is 1. The van der Waals surface area contributed by atoms with Crippen molar-refractivity contribution in [3.05, 3.63) is 45.8 Å². The molecule has 0 unspecified atom stereocenters. The van der Waals surface area contributed by atoms with Crippen molar-refractivity contribution >= 4 is 45.2 Å². The highest BCUT2D eigenvalue weighted by molar-refractivity contribution is 8.12. The molecule has 2 aromatic rings. The zero-order valence-electron chi connectivity index (χ0n) is 10.9. The van der Waals surface area contributed by atoms with Crippen LogP contribution < -0.4 is 5.01 Å². The van der Waals surface area contributed by atoms with Crippen molar-refractivity contribution in [2.75, 3.05) is 11.6 Å². The number of rotatable bonds is 2. The monoisotopic (exact) mass is 334 g/mol. The van der Waals surface area contributed by atoms with Crippen molar-refractivity contribution in [1.82, 2.24) is 0 Å². The van der Waals surface area contributed by atoms with Gasteiger partial charge in [-0.1, -0.05) is 47.3 Å². The van der Waals surface area contributed by atoms with E-state index >= 15 is 0 Å². The Hall–Kier alpha value is -1.45. The highest BCUT2D eigenvalue weighted by atomic mass is 35.5. The van der Waals surface area contributed by atoms with Crippen LogP contribution in [0.15, 0.2) is 40.3 Å². The molecule has 106 valence electrons. The van der Waals surface area contributed by atoms with Gasteiger partial charge in [0, 0.05) is 5.02 Å². The number of aliphatic hydroxyl groups excluding tert-OH is 1. The van der Waals surface area contributed by atoms with Crippen LogP contribution in [0.5, 0.6) is 0 Å². The molecule has 0 bridgehead atoms. The van der Waals surface area contributed by atoms with E-state index in [0.717, 1.165) is 25.4 Å². The molecule has 0 saturated carbocycles. The molecule has 0 radical (unpaired) electrons. The van der Waals surface area contributed by atoms with Crippen molar-refractivity contribution in [3.8, 4) is 11.8 Å². The lowest BCUT2D eigenvalue weighted by Crippen LogP contribution is -2.16. The number of nitrogens with zero attached hydrogens (tertiary/aromatic N) is 2. The number of aliphatic hydroxyl groups is 1. The van der Waals surface area contributed by atoms with Crippen LogP contribution >= 0.6 is 34.7 Å². The molecule has 0 fully saturated rings. The second-order valence-electron chi connectivity index (χ2n) is 4.26. The van der Waals surface area contributed by atoms with Gasteiger partial charge in [-0.2, -0.15) is 5.10 Å². The Balaban J connectivity index is 1.84. The van der Waals surface area contributed by atoms with Crippen molar-refractivity contribution < 1.29 is 5.11 Å². The minimum absolute atomic E-state index is 0.124. The minimum atomic E-state index is -0.124. The van der Waals surface area contributed by atoms with Gasteiger partial charge in [-0.05, 0) is 23.8 Å². The molecule has 6 heteroatoms. The lowest BCUT2D eigenvalue weighted by atomic mass is 10.2. The van der Waals surface area contributed by atoms with Gasteiger partial charge in [-0.15, -0.1) is 11.3 Å². The first kappa shape index (κ1) is 14.5. The Bertz CT molecular complexity index is 728. The summed E-state index contributed by atoms with van der Waals surface area (Å²) in [6.07, 6.45) is 0. The number of thiophene rings is 1. The topological polar surface area (TPSA) is 35.8 Å². The number of hydrogen-bond donors (Lipinski definition) is 1. The average Bonchev–Trinajstić information content (AvgIpc) is 2.91. The fourth-order valence-electron chi connectivity index (χ4n) is 1.88. The maximum Gasteiger partial charge on any atom is 0.128 e. The number of benzene rings is 1. The van der Waals surface area contributed by atoms with E-state index < -0.39 is 0 Å². The van der Waals surface area contributed by atoms with Crippen LogP contribution in [0.2, 0.25) is 5.02 Å². The predicted molar refractivity (Wildman–Crippen MR) is 90.3 cm³/mol. The Labute approximate surface area is 136 Å². The fourth-order valence-corrected chi connectivity index (χ4v) is 3.90. The maximum atomic E-state index is 8.78. The lowest BCUT2D eigenvalue weighted by Gasteiger charge is -2.21. The predicted octanol–water partition coefficient (Wildman–Crippen LogP) is 3.80. The van der Waals surface area contributed by atoms with Crippen molar-refractivity contribution in [1.29, 1.82) is 0 Å². The summed E-state index contributed by atoms with van der Waals surface area (Å²) in [4.78, 5) is 2.08. The van der Waals surface area contributed by atoms with Crippen LogP contribution in [0.1, 0.15) is 10.4 Å². The Morgan fingerprint density at radius 3 is 2.86 bits per heavy atom. The first-order valence-electron chi connectivity index (χ1n) is 6.21. The van der Waals surface area contributed by atoms with Gasteiger partial charge in [0.2, 0.25) is 0 Å². The quantitative estimate of drug-likeness (QED) is 0.848. The number of fused-ring (bicyclic) bond motifs is 1. The van der Waals surface area contributed by atoms with Gasteiger partial charge in [0.25, 0.3) is 0 Å². The molecular weight excluding hydrogens is 324 g/mol. The molecule has 1 aromatic carbocycles. The van der Waals surface area contributed by atoms with Crippen LogP contribution in [0, 0.1) is 11.8 Å². The smallest absolute Gasteiger partial charge is 0.128 e. The summed E-state index contributed by atoms with van der Waals surface area (Å²) in [6.45, 7) is 0.565. The third-order valence-electron chi connectivity index (χ3n) is 2.82. The van der Waals surface area contributed by atoms with Gasteiger partial charge in [-0.25, -0.2) is 5.01 Å². The third kappa shape index (κ3) is 3.42. The molecule has 1 aliphatic rings. The Morgan fingerprint density at radius 1 is 1.29 bits per heavy atom. The summed E-state index contributed by atoms with van der Waals surface area (Å²) in [5.41, 5.74) is 2.97. The zero-order valence-corrected chi connectivity index (χ0v) is 13.3. The largest absolute Gasteiger partial charge is 0.384 e. The van der Waals surface area contributed by atoms with E-state index in [9.17, 15) is 0 Å². The second-order valence-corrected chi connectivity index (χ2v) is 6.62. The minimum Gasteiger partial charge on any atom is -0.384 e. The molecule has 0 spiro atoms. The van der Waals surface area contributed by atoms with E-state index in [4.69, 9.17) is 16.7 Å². The molecule has 21 heavy (non-hydrogen) atoms. The maximum absolute atomic E-state index is 8.78. The molecule has 1 aromatic heterocycles. The number of hydrazone groups is 1. The Kier molecular flexibility index (Phi) is 4.51. The van der Waals surface area contributed by atoms with Crippen molar-refractivity contribution in [2.24, 2.45) is 5.10 Å². The van der Waals surface area contributed by atoms with Gasteiger partial charge >= 0.3 is 0 Å². The summed E-state index contributed by atoms with van der Waals surface area (Å²) in [6, 6.07) is 9.80. The van der Waals surface area contributed by atoms with Gasteiger partial charge in [0.05, 0.1) is 21.9 Å². The van der Waals surface area contributed by atoms with E-state index in [0.29, 0.717) is 6.54 Å². The van der Waals surface area contributed by atoms with E-state index in [2.05, 4.69) is 16.9 Å². The van der Waals surface area contributed by atoms with Gasteiger partial charge < -0.3 is 5.11 Å². The summed E-state index contributed by atoms with van der Waals surface area (Å²) in [5, 5.41) is 17.0. The number of thioether (sulfide) groups is 1. The molecule has 3 rings (SSSR count). The molecule has 0 amide bonds. The standard InChI is InChI=1S/C15H11ClN2OS2/c16-12-5-3-11(4-6-12)9-18-15-14(20-10-17-18)8-13(21-15)2-1-7-19/h3-6,8,10,19H,7,9H2. The number of hydrogen-bond acceptors (Lipinski definition) is 5. The fraction of sp³-hybridized carbons (Fsp3) is 0.133. The normalized spacial score (nSPS) is 12.8. The molecule has 3 nitrogen and oxygen atoms in total. The molecule has 2 heterocycles. The van der Waals surface area contributed by atoms with Gasteiger partial charge in [0.15, 0.2) is 0 Å². The highest BCUT2D eigenvalue weighted by Gasteiger charge is 2.18. The summed E-state index contributed by atoms with van der Waals surface area (Å²) < 4.78 is 0. The molecular formula is C15H11ClN2OS2. The van der Waals surface area contributed by atoms with Crippen LogP contribution in [-0.2, 0) is 6.54 Å². The van der Waals surface area contributed by atoms with Crippen LogP contribution in [0.4, 0.5) is 5.00 Å². The lowest BCUT2D eigenvalue weighted by molar-refractivity contribution is 0.350. The summed E-state index contributed by atoms with van der Waals surface area (Å²) in [7, 11) is 0. The average molecular weight is 335 g/mol. The molecule has 0 atom stereocenters. The van der Waals surface area contributed by atoms with E-state index in [1.807, 2.05) is 40.9 Å². The summed E-state index contributed by atoms with van der Waals surface area (Å²) in [5.74, 6) is 5.63. The number of anilines is 1. The van der Waals surface area contributed by atoms with Gasteiger partial charge in [-0.3, -0.25) is 0 Å². The molecule has 1 aliphatic heterocycles. The SMILES string of the molecule is OCC#Cc1cc2c(s1)N(Cc1ccc(Cl)cc1)N=CS2. The second kappa shape index (κ2) is 6.54. The first-order valence-corrected chi connectivity index (χ1v) is 8.28. The Morgan fingerprint density at radius 2 is 2.10 bits per heavy atom. The van der Waals surface area contributed by atoms with E-state index in [-0.39, 0.29) is 6.61 Å². The molecule has 0 aliphatic carbocycles. The van der Waals surface area contributed by atoms with Crippen LogP contribution in [0.25, 0.3) is 0 Å². The molecule has 0 saturated heterocycles. The van der Waals surface area contributed by atoms with E-state index in [1.54, 1.807) is 23.1 Å². The third-order valence-corrected chi connectivity index (χ3v) is 5.03. The van der Waals surface area contributed by atoms with Crippen LogP contribution in [-0.4, -0.2) is 17.3 Å². The highest BCUT2D eigenvalue weighted by Crippen LogP contribution is 2.41. The first-order chi connectivity index (χ1) is 10.3. The summed E-state index contributed by atoms with van der Waals surface area (Å²) >= 11 is 9.08. The van der Waals surface area contributed by atoms with Gasteiger partial charge in [0.1, 0.15) is 11.6 Å². The van der Waals surface area contributed by atoms with Crippen molar-refractivity contribution in [3.63, 3.8) is 0 Å². The van der Waals surface area contributed by atoms with E-state index in [1.165, 1.54) is 0 Å². The van der Waals surface area contributed by atoms with Crippen LogP contribution in [0.3, 0.4) is 0 Å².